The van der Waals surface area contributed by atoms with Crippen molar-refractivity contribution in [2.75, 3.05) is 25.0 Å². The molecule has 1 atom stereocenters. The van der Waals surface area contributed by atoms with Crippen molar-refractivity contribution in [1.29, 1.82) is 0 Å². The number of piperazine rings is 1. The van der Waals surface area contributed by atoms with Gasteiger partial charge in [0.05, 0.1) is 6.04 Å². The Morgan fingerprint density at radius 1 is 1.20 bits per heavy atom. The lowest BCUT2D eigenvalue weighted by Crippen LogP contribution is -2.48. The Kier molecular flexibility index (Phi) is 5.36. The Hall–Kier alpha value is -2.37. The highest BCUT2D eigenvalue weighted by atomic mass is 35.5. The second-order valence-electron chi connectivity index (χ2n) is 6.04. The van der Waals surface area contributed by atoms with E-state index in [9.17, 15) is 9.59 Å². The molecule has 1 aliphatic heterocycles. The summed E-state index contributed by atoms with van der Waals surface area (Å²) in [5, 5.41) is 6.70. The number of carbonyl (C=O) groups excluding carboxylic acids is 2. The van der Waals surface area contributed by atoms with Gasteiger partial charge >= 0.3 is 0 Å². The molecule has 3 rings (SSSR count). The number of carbonyl (C=O) groups is 2. The summed E-state index contributed by atoms with van der Waals surface area (Å²) in [6.45, 7) is 3.48. The summed E-state index contributed by atoms with van der Waals surface area (Å²) in [5.74, 6) is -0.220. The molecule has 6 heteroatoms. The van der Waals surface area contributed by atoms with Crippen LogP contribution < -0.4 is 10.6 Å². The van der Waals surface area contributed by atoms with E-state index in [0.717, 1.165) is 12.1 Å². The highest BCUT2D eigenvalue weighted by Gasteiger charge is 2.28. The second kappa shape index (κ2) is 7.68. The first-order valence-electron chi connectivity index (χ1n) is 8.19. The molecular formula is C19H20ClN3O2. The Morgan fingerprint density at radius 3 is 2.76 bits per heavy atom. The number of benzene rings is 2. The van der Waals surface area contributed by atoms with E-state index in [1.165, 1.54) is 6.92 Å². The van der Waals surface area contributed by atoms with Gasteiger partial charge < -0.3 is 15.5 Å². The molecule has 1 unspecified atom stereocenters. The average Bonchev–Trinajstić information content (AvgIpc) is 2.61. The Labute approximate surface area is 152 Å². The lowest BCUT2D eigenvalue weighted by atomic mass is 10.0. The number of hydrogen-bond acceptors (Lipinski definition) is 3. The van der Waals surface area contributed by atoms with Crippen molar-refractivity contribution in [3.05, 3.63) is 64.7 Å². The second-order valence-corrected chi connectivity index (χ2v) is 6.47. The molecule has 0 saturated carbocycles. The summed E-state index contributed by atoms with van der Waals surface area (Å²) in [6.07, 6.45) is 0. The highest BCUT2D eigenvalue weighted by Crippen LogP contribution is 2.26. The minimum Gasteiger partial charge on any atom is -0.329 e. The third kappa shape index (κ3) is 4.18. The molecule has 2 aromatic rings. The number of amides is 2. The molecule has 1 fully saturated rings. The smallest absolute Gasteiger partial charge is 0.254 e. The molecule has 0 aromatic heterocycles. The maximum absolute atomic E-state index is 13.1. The summed E-state index contributed by atoms with van der Waals surface area (Å²) in [4.78, 5) is 26.2. The lowest BCUT2D eigenvalue weighted by molar-refractivity contribution is -0.114. The van der Waals surface area contributed by atoms with Gasteiger partial charge in [-0.1, -0.05) is 29.8 Å². The molecule has 25 heavy (non-hydrogen) atoms. The highest BCUT2D eigenvalue weighted by molar-refractivity contribution is 6.30. The summed E-state index contributed by atoms with van der Waals surface area (Å²) in [5.41, 5.74) is 2.18. The molecule has 5 nitrogen and oxygen atoms in total. The Bertz CT molecular complexity index is 794. The number of hydrogen-bond donors (Lipinski definition) is 2. The van der Waals surface area contributed by atoms with E-state index < -0.39 is 0 Å². The number of nitrogens with zero attached hydrogens (tertiary/aromatic N) is 1. The lowest BCUT2D eigenvalue weighted by Gasteiger charge is -2.36. The third-order valence-electron chi connectivity index (χ3n) is 4.17. The van der Waals surface area contributed by atoms with Gasteiger partial charge in [-0.25, -0.2) is 0 Å². The van der Waals surface area contributed by atoms with Crippen LogP contribution in [0.3, 0.4) is 0 Å². The SMILES string of the molecule is CC(=O)Nc1cccc(C(=O)N2CCNCC2c2cccc(Cl)c2)c1. The van der Waals surface area contributed by atoms with Crippen LogP contribution in [0.15, 0.2) is 48.5 Å². The zero-order valence-electron chi connectivity index (χ0n) is 14.0. The fourth-order valence-electron chi connectivity index (χ4n) is 3.06. The van der Waals surface area contributed by atoms with E-state index in [1.807, 2.05) is 29.2 Å². The van der Waals surface area contributed by atoms with Crippen LogP contribution in [0.2, 0.25) is 5.02 Å². The minimum absolute atomic E-state index is 0.0568. The largest absolute Gasteiger partial charge is 0.329 e. The van der Waals surface area contributed by atoms with Gasteiger partial charge in [-0.05, 0) is 35.9 Å². The maximum atomic E-state index is 13.1. The summed E-state index contributed by atoms with van der Waals surface area (Å²) >= 11 is 6.11. The van der Waals surface area contributed by atoms with Crippen molar-refractivity contribution in [2.24, 2.45) is 0 Å². The van der Waals surface area contributed by atoms with Crippen LogP contribution in [-0.4, -0.2) is 36.3 Å². The van der Waals surface area contributed by atoms with E-state index in [2.05, 4.69) is 10.6 Å². The van der Waals surface area contributed by atoms with Crippen molar-refractivity contribution in [3.8, 4) is 0 Å². The zero-order valence-corrected chi connectivity index (χ0v) is 14.7. The van der Waals surface area contributed by atoms with E-state index >= 15 is 0 Å². The van der Waals surface area contributed by atoms with Crippen molar-refractivity contribution in [2.45, 2.75) is 13.0 Å². The standard InChI is InChI=1S/C19H20ClN3O2/c1-13(24)22-17-7-3-5-15(11-17)19(25)23-9-8-21-12-18(23)14-4-2-6-16(20)10-14/h2-7,10-11,18,21H,8-9,12H2,1H3,(H,22,24). The molecule has 2 N–H and O–H groups in total. The van der Waals surface area contributed by atoms with Gasteiger partial charge in [0.1, 0.15) is 0 Å². The van der Waals surface area contributed by atoms with E-state index in [-0.39, 0.29) is 17.9 Å². The van der Waals surface area contributed by atoms with Crippen LogP contribution in [0, 0.1) is 0 Å². The predicted molar refractivity (Wildman–Crippen MR) is 98.8 cm³/mol. The average molecular weight is 358 g/mol. The Balaban J connectivity index is 1.87. The first-order chi connectivity index (χ1) is 12.0. The monoisotopic (exact) mass is 357 g/mol. The quantitative estimate of drug-likeness (QED) is 0.887. The van der Waals surface area contributed by atoms with Gasteiger partial charge in [0.2, 0.25) is 5.91 Å². The number of rotatable bonds is 3. The molecule has 1 saturated heterocycles. The van der Waals surface area contributed by atoms with Gasteiger partial charge in [-0.3, -0.25) is 9.59 Å². The molecule has 0 aliphatic carbocycles. The number of nitrogens with one attached hydrogen (secondary N) is 2. The summed E-state index contributed by atoms with van der Waals surface area (Å²) < 4.78 is 0. The van der Waals surface area contributed by atoms with Gasteiger partial charge in [-0.15, -0.1) is 0 Å². The third-order valence-corrected chi connectivity index (χ3v) is 4.40. The molecule has 0 radical (unpaired) electrons. The van der Waals surface area contributed by atoms with Gasteiger partial charge in [0.25, 0.3) is 5.91 Å². The van der Waals surface area contributed by atoms with Crippen LogP contribution >= 0.6 is 11.6 Å². The number of halogens is 1. The van der Waals surface area contributed by atoms with Crippen molar-refractivity contribution < 1.29 is 9.59 Å². The van der Waals surface area contributed by atoms with E-state index in [1.54, 1.807) is 24.3 Å². The van der Waals surface area contributed by atoms with Crippen LogP contribution in [-0.2, 0) is 4.79 Å². The van der Waals surface area contributed by atoms with Gasteiger partial charge in [0.15, 0.2) is 0 Å². The Morgan fingerprint density at radius 2 is 2.00 bits per heavy atom. The van der Waals surface area contributed by atoms with Crippen molar-refractivity contribution in [1.82, 2.24) is 10.2 Å². The number of anilines is 1. The maximum Gasteiger partial charge on any atom is 0.254 e. The van der Waals surface area contributed by atoms with E-state index in [4.69, 9.17) is 11.6 Å². The molecule has 0 spiro atoms. The van der Waals surface area contributed by atoms with Crippen LogP contribution in [0.5, 0.6) is 0 Å². The first-order valence-corrected chi connectivity index (χ1v) is 8.57. The molecular weight excluding hydrogens is 338 g/mol. The minimum atomic E-state index is -0.163. The fourth-order valence-corrected chi connectivity index (χ4v) is 3.26. The predicted octanol–water partition coefficient (Wildman–Crippen LogP) is 3.09. The van der Waals surface area contributed by atoms with Crippen LogP contribution in [0.4, 0.5) is 5.69 Å². The van der Waals surface area contributed by atoms with Crippen molar-refractivity contribution >= 4 is 29.1 Å². The molecule has 1 heterocycles. The molecule has 130 valence electrons. The fraction of sp³-hybridized carbons (Fsp3) is 0.263. The molecule has 2 aromatic carbocycles. The first kappa shape index (κ1) is 17.5. The summed E-state index contributed by atoms with van der Waals surface area (Å²) in [7, 11) is 0. The van der Waals surface area contributed by atoms with Gasteiger partial charge in [-0.2, -0.15) is 0 Å². The van der Waals surface area contributed by atoms with Gasteiger partial charge in [0, 0.05) is 42.8 Å². The topological polar surface area (TPSA) is 61.4 Å². The molecule has 1 aliphatic rings. The normalized spacial score (nSPS) is 17.2. The van der Waals surface area contributed by atoms with E-state index in [0.29, 0.717) is 29.4 Å². The van der Waals surface area contributed by atoms with Crippen molar-refractivity contribution in [3.63, 3.8) is 0 Å². The van der Waals surface area contributed by atoms with Crippen LogP contribution in [0.25, 0.3) is 0 Å². The molecule has 0 bridgehead atoms. The van der Waals surface area contributed by atoms with Crippen LogP contribution in [0.1, 0.15) is 28.9 Å². The zero-order chi connectivity index (χ0) is 17.8. The summed E-state index contributed by atoms with van der Waals surface area (Å²) in [6, 6.07) is 14.5. The molecule has 2 amide bonds.